The van der Waals surface area contributed by atoms with Crippen molar-refractivity contribution in [1.29, 1.82) is 0 Å². The van der Waals surface area contributed by atoms with Crippen molar-refractivity contribution < 1.29 is 28.6 Å². The van der Waals surface area contributed by atoms with Crippen LogP contribution in [0.1, 0.15) is 201 Å². The van der Waals surface area contributed by atoms with E-state index >= 15 is 0 Å². The largest absolute Gasteiger partial charge is 0.462 e. The Labute approximate surface area is 350 Å². The van der Waals surface area contributed by atoms with Gasteiger partial charge < -0.3 is 14.2 Å². The van der Waals surface area contributed by atoms with Gasteiger partial charge in [-0.1, -0.05) is 164 Å². The van der Waals surface area contributed by atoms with E-state index in [2.05, 4.69) is 106 Å². The Bertz CT molecular complexity index is 1140. The van der Waals surface area contributed by atoms with Gasteiger partial charge in [-0.15, -0.1) is 0 Å². The van der Waals surface area contributed by atoms with E-state index in [-0.39, 0.29) is 37.5 Å². The van der Waals surface area contributed by atoms with Crippen molar-refractivity contribution in [3.63, 3.8) is 0 Å². The summed E-state index contributed by atoms with van der Waals surface area (Å²) in [5.74, 6) is -1.01. The first-order valence-electron chi connectivity index (χ1n) is 23.1. The third-order valence-corrected chi connectivity index (χ3v) is 9.39. The molecule has 0 rings (SSSR count). The summed E-state index contributed by atoms with van der Waals surface area (Å²) < 4.78 is 16.6. The first-order chi connectivity index (χ1) is 28.0. The Kier molecular flexibility index (Phi) is 42.6. The van der Waals surface area contributed by atoms with E-state index in [1.54, 1.807) is 0 Å². The highest BCUT2D eigenvalue weighted by Crippen LogP contribution is 2.12. The second-order valence-electron chi connectivity index (χ2n) is 14.9. The Balaban J connectivity index is 4.43. The van der Waals surface area contributed by atoms with Crippen LogP contribution in [0.3, 0.4) is 0 Å². The normalized spacial score (nSPS) is 12.8. The Hall–Kier alpha value is -3.41. The maximum atomic E-state index is 12.7. The van der Waals surface area contributed by atoms with E-state index in [0.717, 1.165) is 103 Å². The maximum absolute atomic E-state index is 12.7. The second kappa shape index (κ2) is 45.3. The molecule has 0 amide bonds. The molecule has 0 radical (unpaired) electrons. The maximum Gasteiger partial charge on any atom is 0.306 e. The summed E-state index contributed by atoms with van der Waals surface area (Å²) in [6.45, 7) is 6.29. The van der Waals surface area contributed by atoms with Gasteiger partial charge in [0.1, 0.15) is 13.2 Å². The lowest BCUT2D eigenvalue weighted by molar-refractivity contribution is -0.167. The van der Waals surface area contributed by atoms with E-state index < -0.39 is 6.10 Å². The van der Waals surface area contributed by atoms with Gasteiger partial charge in [-0.25, -0.2) is 0 Å². The summed E-state index contributed by atoms with van der Waals surface area (Å²) in [5, 5.41) is 0. The Morgan fingerprint density at radius 3 is 1.21 bits per heavy atom. The zero-order chi connectivity index (χ0) is 41.5. The van der Waals surface area contributed by atoms with Crippen molar-refractivity contribution in [1.82, 2.24) is 0 Å². The van der Waals surface area contributed by atoms with Gasteiger partial charge >= 0.3 is 17.9 Å². The van der Waals surface area contributed by atoms with Crippen molar-refractivity contribution in [3.8, 4) is 0 Å². The predicted octanol–water partition coefficient (Wildman–Crippen LogP) is 14.9. The number of unbranched alkanes of at least 4 members (excludes halogenated alkanes) is 16. The fraction of sp³-hybridized carbons (Fsp3) is 0.667. The van der Waals surface area contributed by atoms with Crippen molar-refractivity contribution in [2.24, 2.45) is 0 Å². The van der Waals surface area contributed by atoms with Crippen molar-refractivity contribution in [3.05, 3.63) is 85.1 Å². The molecule has 0 fully saturated rings. The molecule has 1 atom stereocenters. The minimum atomic E-state index is -0.813. The van der Waals surface area contributed by atoms with Gasteiger partial charge in [-0.2, -0.15) is 0 Å². The van der Waals surface area contributed by atoms with Gasteiger partial charge in [0.25, 0.3) is 0 Å². The zero-order valence-corrected chi connectivity index (χ0v) is 36.8. The second-order valence-corrected chi connectivity index (χ2v) is 14.9. The molecule has 0 spiro atoms. The fourth-order valence-electron chi connectivity index (χ4n) is 5.95. The quantitative estimate of drug-likeness (QED) is 0.0202. The minimum absolute atomic E-state index is 0.112. The van der Waals surface area contributed by atoms with Crippen LogP contribution in [-0.2, 0) is 28.6 Å². The first kappa shape index (κ1) is 53.6. The van der Waals surface area contributed by atoms with Crippen LogP contribution >= 0.6 is 0 Å². The summed E-state index contributed by atoms with van der Waals surface area (Å²) in [5.41, 5.74) is 0. The van der Waals surface area contributed by atoms with Gasteiger partial charge in [-0.3, -0.25) is 14.4 Å². The molecule has 0 aliphatic carbocycles. The molecule has 6 nitrogen and oxygen atoms in total. The molecule has 0 saturated carbocycles. The molecule has 0 aliphatic heterocycles. The van der Waals surface area contributed by atoms with Crippen LogP contribution in [0.2, 0.25) is 0 Å². The molecule has 57 heavy (non-hydrogen) atoms. The summed E-state index contributed by atoms with van der Waals surface area (Å²) in [7, 11) is 0. The highest BCUT2D eigenvalue weighted by molar-refractivity contribution is 5.71. The average molecular weight is 793 g/mol. The number of hydrogen-bond acceptors (Lipinski definition) is 6. The van der Waals surface area contributed by atoms with Crippen molar-refractivity contribution >= 4 is 17.9 Å². The lowest BCUT2D eigenvalue weighted by Gasteiger charge is -2.18. The van der Waals surface area contributed by atoms with Gasteiger partial charge in [0, 0.05) is 19.3 Å². The monoisotopic (exact) mass is 793 g/mol. The van der Waals surface area contributed by atoms with E-state index in [1.165, 1.54) is 51.4 Å². The van der Waals surface area contributed by atoms with Crippen LogP contribution in [0, 0.1) is 0 Å². The molecule has 0 N–H and O–H groups in total. The first-order valence-corrected chi connectivity index (χ1v) is 23.1. The molecule has 324 valence electrons. The van der Waals surface area contributed by atoms with Crippen molar-refractivity contribution in [2.45, 2.75) is 207 Å². The van der Waals surface area contributed by atoms with E-state index in [9.17, 15) is 14.4 Å². The van der Waals surface area contributed by atoms with E-state index in [4.69, 9.17) is 14.2 Å². The van der Waals surface area contributed by atoms with Crippen LogP contribution in [0.25, 0.3) is 0 Å². The SMILES string of the molecule is CC/C=C\C/C=C\C/C=C\CCCCC(=O)OC(COC(=O)CCCC/C=C\C/C=C\CC)COC(=O)CCCCCCC/C=C\C=C/CCCCCCCCC. The van der Waals surface area contributed by atoms with Crippen LogP contribution in [0.4, 0.5) is 0 Å². The number of hydrogen-bond donors (Lipinski definition) is 0. The molecule has 0 aliphatic rings. The summed E-state index contributed by atoms with van der Waals surface area (Å²) >= 11 is 0. The number of rotatable bonds is 40. The van der Waals surface area contributed by atoms with Gasteiger partial charge in [0.2, 0.25) is 0 Å². The van der Waals surface area contributed by atoms with Gasteiger partial charge in [-0.05, 0) is 103 Å². The van der Waals surface area contributed by atoms with Crippen LogP contribution in [0.5, 0.6) is 0 Å². The van der Waals surface area contributed by atoms with Gasteiger partial charge in [0.15, 0.2) is 6.10 Å². The summed E-state index contributed by atoms with van der Waals surface area (Å²) in [6.07, 6.45) is 57.3. The highest BCUT2D eigenvalue weighted by Gasteiger charge is 2.19. The molecule has 0 bridgehead atoms. The number of carbonyl (C=O) groups excluding carboxylic acids is 3. The van der Waals surface area contributed by atoms with Crippen LogP contribution < -0.4 is 0 Å². The predicted molar refractivity (Wildman–Crippen MR) is 242 cm³/mol. The molecule has 0 aromatic heterocycles. The van der Waals surface area contributed by atoms with E-state index in [0.29, 0.717) is 19.3 Å². The highest BCUT2D eigenvalue weighted by atomic mass is 16.6. The summed E-state index contributed by atoms with van der Waals surface area (Å²) in [6, 6.07) is 0. The molecule has 0 aromatic carbocycles. The third-order valence-electron chi connectivity index (χ3n) is 9.39. The number of allylic oxidation sites excluding steroid dienone is 14. The number of carbonyl (C=O) groups is 3. The Morgan fingerprint density at radius 2 is 0.737 bits per heavy atom. The minimum Gasteiger partial charge on any atom is -0.462 e. The van der Waals surface area contributed by atoms with E-state index in [1.807, 2.05) is 0 Å². The topological polar surface area (TPSA) is 78.9 Å². The fourth-order valence-corrected chi connectivity index (χ4v) is 5.95. The number of ether oxygens (including phenoxy) is 3. The Morgan fingerprint density at radius 1 is 0.386 bits per heavy atom. The molecule has 6 heteroatoms. The molecule has 0 heterocycles. The number of esters is 3. The lowest BCUT2D eigenvalue weighted by atomic mass is 10.1. The standard InChI is InChI=1S/C51H84O6/c1-4-7-10-13-16-19-21-23-24-25-26-27-28-30-32-35-38-41-44-50(53)56-47-48(46-55-49(52)43-40-37-34-31-18-15-12-9-6-3)57-51(54)45-42-39-36-33-29-22-20-17-14-11-8-5-2/h8-9,11-12,17-18,20,24-27,29,31,33,48H,4-7,10,13-16,19,21-23,28,30,32,34-47H2,1-3H3/b11-8-,12-9-,20-17-,25-24-,27-26-,31-18-,33-29-. The smallest absolute Gasteiger partial charge is 0.306 e. The summed E-state index contributed by atoms with van der Waals surface area (Å²) in [4.78, 5) is 37.7. The van der Waals surface area contributed by atoms with Crippen LogP contribution in [0.15, 0.2) is 85.1 Å². The van der Waals surface area contributed by atoms with Crippen molar-refractivity contribution in [2.75, 3.05) is 13.2 Å². The molecule has 0 saturated heterocycles. The molecular formula is C51H84O6. The average Bonchev–Trinajstić information content (AvgIpc) is 3.21. The molecule has 1 unspecified atom stereocenters. The third kappa shape index (κ3) is 43.6. The van der Waals surface area contributed by atoms with Gasteiger partial charge in [0.05, 0.1) is 0 Å². The molecule has 0 aromatic rings. The van der Waals surface area contributed by atoms with Crippen LogP contribution in [-0.4, -0.2) is 37.2 Å². The lowest BCUT2D eigenvalue weighted by Crippen LogP contribution is -2.30. The molecular weight excluding hydrogens is 709 g/mol. The zero-order valence-electron chi connectivity index (χ0n) is 36.8.